The van der Waals surface area contributed by atoms with Gasteiger partial charge in [-0.15, -0.1) is 0 Å². The van der Waals surface area contributed by atoms with Crippen LogP contribution in [0.15, 0.2) is 53.0 Å². The minimum absolute atomic E-state index is 0.116. The summed E-state index contributed by atoms with van der Waals surface area (Å²) in [7, 11) is 0. The van der Waals surface area contributed by atoms with Gasteiger partial charge in [-0.1, -0.05) is 0 Å². The van der Waals surface area contributed by atoms with E-state index in [1.54, 1.807) is 36.7 Å². The van der Waals surface area contributed by atoms with Crippen LogP contribution >= 0.6 is 0 Å². The van der Waals surface area contributed by atoms with Gasteiger partial charge in [0.1, 0.15) is 17.8 Å². The minimum Gasteiger partial charge on any atom is -0.388 e. The predicted molar refractivity (Wildman–Crippen MR) is 82.2 cm³/mol. The molecule has 0 radical (unpaired) electrons. The van der Waals surface area contributed by atoms with E-state index in [0.717, 1.165) is 16.8 Å². The highest BCUT2D eigenvalue weighted by Crippen LogP contribution is 2.15. The molecule has 2 aromatic heterocycles. The first-order valence-electron chi connectivity index (χ1n) is 6.37. The molecule has 0 bridgehead atoms. The van der Waals surface area contributed by atoms with Crippen molar-refractivity contribution in [3.05, 3.63) is 59.2 Å². The lowest BCUT2D eigenvalue weighted by atomic mass is 10.1. The monoisotopic (exact) mass is 288 g/mol. The zero-order valence-electron chi connectivity index (χ0n) is 11.9. The van der Waals surface area contributed by atoms with Gasteiger partial charge in [0.2, 0.25) is 0 Å². The maximum Gasteiger partial charge on any atom is 0.174 e. The van der Waals surface area contributed by atoms with Gasteiger partial charge in [0.05, 0.1) is 11.4 Å². The van der Waals surface area contributed by atoms with Gasteiger partial charge in [-0.25, -0.2) is 4.99 Å². The number of aliphatic imine (C=N–C) groups is 1. The molecule has 0 saturated carbocycles. The molecule has 0 aliphatic carbocycles. The van der Waals surface area contributed by atoms with Crippen molar-refractivity contribution in [2.45, 2.75) is 6.92 Å². The average Bonchev–Trinajstić information content (AvgIpc) is 2.55. The van der Waals surface area contributed by atoms with Gasteiger partial charge < -0.3 is 5.73 Å². The molecular weight excluding hydrogens is 276 g/mol. The zero-order chi connectivity index (χ0) is 15.9. The Morgan fingerprint density at radius 2 is 1.82 bits per heavy atom. The van der Waals surface area contributed by atoms with E-state index in [0.29, 0.717) is 5.69 Å². The highest BCUT2D eigenvalue weighted by molar-refractivity contribution is 5.82. The fourth-order valence-corrected chi connectivity index (χ4v) is 1.69. The summed E-state index contributed by atoms with van der Waals surface area (Å²) in [4.78, 5) is 12.5. The van der Waals surface area contributed by atoms with E-state index in [1.165, 1.54) is 6.21 Å². The molecule has 2 rings (SSSR count). The molecule has 0 aliphatic heterocycles. The summed E-state index contributed by atoms with van der Waals surface area (Å²) < 4.78 is 0. The fraction of sp³-hybridized carbons (Fsp3) is 0.0625. The summed E-state index contributed by atoms with van der Waals surface area (Å²) in [6.45, 7) is 1.98. The van der Waals surface area contributed by atoms with Crippen LogP contribution in [-0.4, -0.2) is 16.2 Å². The van der Waals surface area contributed by atoms with Crippen LogP contribution in [-0.2, 0) is 0 Å². The van der Waals surface area contributed by atoms with Crippen molar-refractivity contribution < 1.29 is 0 Å². The van der Waals surface area contributed by atoms with Gasteiger partial charge in [-0.05, 0) is 42.3 Å². The van der Waals surface area contributed by atoms with Gasteiger partial charge in [0.15, 0.2) is 5.70 Å². The van der Waals surface area contributed by atoms with Crippen molar-refractivity contribution in [3.8, 4) is 23.5 Å². The molecule has 0 aromatic carbocycles. The molecule has 2 heterocycles. The third-order valence-corrected chi connectivity index (χ3v) is 2.79. The van der Waals surface area contributed by atoms with Crippen LogP contribution in [0.1, 0.15) is 11.1 Å². The maximum absolute atomic E-state index is 8.89. The minimum atomic E-state index is -0.214. The fourth-order valence-electron chi connectivity index (χ4n) is 1.69. The van der Waals surface area contributed by atoms with E-state index in [9.17, 15) is 0 Å². The third-order valence-electron chi connectivity index (χ3n) is 2.79. The van der Waals surface area contributed by atoms with E-state index in [-0.39, 0.29) is 11.4 Å². The Bertz CT molecular complexity index is 836. The van der Waals surface area contributed by atoms with Crippen molar-refractivity contribution in [2.75, 3.05) is 0 Å². The Kier molecular flexibility index (Phi) is 4.59. The lowest BCUT2D eigenvalue weighted by Gasteiger charge is -2.02. The summed E-state index contributed by atoms with van der Waals surface area (Å²) in [5, 5.41) is 17.6. The highest BCUT2D eigenvalue weighted by atomic mass is 14.8. The lowest BCUT2D eigenvalue weighted by molar-refractivity contribution is 1.22. The molecule has 0 amide bonds. The van der Waals surface area contributed by atoms with Crippen LogP contribution < -0.4 is 5.73 Å². The summed E-state index contributed by atoms with van der Waals surface area (Å²) in [5.74, 6) is 0. The van der Waals surface area contributed by atoms with Crippen LogP contribution in [0, 0.1) is 29.6 Å². The SMILES string of the molecule is Cc1ccnc(-c2cc(C=N/C(C#N)=C(\N)C#N)ccn2)c1. The molecule has 0 unspecified atom stereocenters. The smallest absolute Gasteiger partial charge is 0.174 e. The molecule has 0 atom stereocenters. The number of hydrogen-bond acceptors (Lipinski definition) is 6. The normalized spacial score (nSPS) is 11.6. The number of nitrogens with two attached hydrogens (primary N) is 1. The van der Waals surface area contributed by atoms with E-state index >= 15 is 0 Å². The summed E-state index contributed by atoms with van der Waals surface area (Å²) in [5.41, 5.74) is 8.32. The first-order valence-corrected chi connectivity index (χ1v) is 6.37. The second-order valence-electron chi connectivity index (χ2n) is 4.44. The first-order chi connectivity index (χ1) is 10.6. The van der Waals surface area contributed by atoms with Crippen LogP contribution in [0.2, 0.25) is 0 Å². The summed E-state index contributed by atoms with van der Waals surface area (Å²) >= 11 is 0. The van der Waals surface area contributed by atoms with Crippen LogP contribution in [0.25, 0.3) is 11.4 Å². The van der Waals surface area contributed by atoms with E-state index in [2.05, 4.69) is 15.0 Å². The van der Waals surface area contributed by atoms with Gasteiger partial charge in [-0.3, -0.25) is 9.97 Å². The van der Waals surface area contributed by atoms with Gasteiger partial charge in [0.25, 0.3) is 0 Å². The van der Waals surface area contributed by atoms with Crippen LogP contribution in [0.5, 0.6) is 0 Å². The van der Waals surface area contributed by atoms with Gasteiger partial charge >= 0.3 is 0 Å². The van der Waals surface area contributed by atoms with Crippen molar-refractivity contribution in [3.63, 3.8) is 0 Å². The topological polar surface area (TPSA) is 112 Å². The Hall–Kier alpha value is -3.51. The molecule has 0 aliphatic rings. The number of aromatic nitrogens is 2. The Morgan fingerprint density at radius 1 is 1.14 bits per heavy atom. The number of nitriles is 2. The van der Waals surface area contributed by atoms with Crippen molar-refractivity contribution in [2.24, 2.45) is 10.7 Å². The number of nitrogens with zero attached hydrogens (tertiary/aromatic N) is 5. The molecule has 2 N–H and O–H groups in total. The van der Waals surface area contributed by atoms with Gasteiger partial charge in [-0.2, -0.15) is 10.5 Å². The first kappa shape index (κ1) is 14.9. The molecule has 0 fully saturated rings. The van der Waals surface area contributed by atoms with Crippen LogP contribution in [0.4, 0.5) is 0 Å². The van der Waals surface area contributed by atoms with Crippen LogP contribution in [0.3, 0.4) is 0 Å². The number of aryl methyl sites for hydroxylation is 1. The maximum atomic E-state index is 8.89. The van der Waals surface area contributed by atoms with Gasteiger partial charge in [0, 0.05) is 18.6 Å². The number of rotatable bonds is 3. The summed E-state index contributed by atoms with van der Waals surface area (Å²) in [6.07, 6.45) is 4.81. The number of pyridine rings is 2. The second kappa shape index (κ2) is 6.78. The van der Waals surface area contributed by atoms with Crippen molar-refractivity contribution in [1.29, 1.82) is 10.5 Å². The number of allylic oxidation sites excluding steroid dienone is 2. The van der Waals surface area contributed by atoms with E-state index < -0.39 is 0 Å². The second-order valence-corrected chi connectivity index (χ2v) is 4.44. The Labute approximate surface area is 127 Å². The Balaban J connectivity index is 2.34. The van der Waals surface area contributed by atoms with Crippen molar-refractivity contribution >= 4 is 6.21 Å². The zero-order valence-corrected chi connectivity index (χ0v) is 11.9. The number of hydrogen-bond donors (Lipinski definition) is 1. The third kappa shape index (κ3) is 3.53. The average molecular weight is 288 g/mol. The molecular formula is C16H12N6. The molecule has 0 spiro atoms. The van der Waals surface area contributed by atoms with E-state index in [4.69, 9.17) is 16.3 Å². The Morgan fingerprint density at radius 3 is 2.45 bits per heavy atom. The quantitative estimate of drug-likeness (QED) is 0.686. The lowest BCUT2D eigenvalue weighted by Crippen LogP contribution is -1.97. The molecule has 6 nitrogen and oxygen atoms in total. The largest absolute Gasteiger partial charge is 0.388 e. The highest BCUT2D eigenvalue weighted by Gasteiger charge is 2.03. The molecule has 106 valence electrons. The standard InChI is InChI=1S/C16H12N6/c1-11-2-4-20-14(6-11)15-7-12(3-5-21-15)10-22-16(9-18)13(19)8-17/h2-7,10H,19H2,1H3/b16-13-,22-10?. The molecule has 6 heteroatoms. The predicted octanol–water partition coefficient (Wildman–Crippen LogP) is 2.09. The van der Waals surface area contributed by atoms with Crippen molar-refractivity contribution in [1.82, 2.24) is 9.97 Å². The summed E-state index contributed by atoms with van der Waals surface area (Å²) in [6, 6.07) is 10.8. The molecule has 0 saturated heterocycles. The molecule has 22 heavy (non-hydrogen) atoms. The molecule has 2 aromatic rings. The van der Waals surface area contributed by atoms with E-state index in [1.807, 2.05) is 19.1 Å².